The summed E-state index contributed by atoms with van der Waals surface area (Å²) in [6.45, 7) is 4.65. The number of carbonyl (C=O) groups is 1. The molecule has 0 bridgehead atoms. The lowest BCUT2D eigenvalue weighted by Gasteiger charge is -2.24. The maximum atomic E-state index is 13.4. The number of hydrogen-bond acceptors (Lipinski definition) is 4. The number of carbonyl (C=O) groups excluding carboxylic acids is 1. The van der Waals surface area contributed by atoms with Crippen LogP contribution in [0.2, 0.25) is 5.02 Å². The van der Waals surface area contributed by atoms with Crippen molar-refractivity contribution in [3.63, 3.8) is 0 Å². The van der Waals surface area contributed by atoms with Gasteiger partial charge in [0.25, 0.3) is 10.0 Å². The van der Waals surface area contributed by atoms with Crippen molar-refractivity contribution >= 4 is 33.2 Å². The summed E-state index contributed by atoms with van der Waals surface area (Å²) in [5, 5.41) is 3.23. The topological polar surface area (TPSA) is 75.7 Å². The summed E-state index contributed by atoms with van der Waals surface area (Å²) < 4.78 is 33.7. The van der Waals surface area contributed by atoms with E-state index < -0.39 is 15.9 Å². The second kappa shape index (κ2) is 12.6. The number of benzene rings is 3. The fourth-order valence-corrected chi connectivity index (χ4v) is 5.14. The molecular weight excluding hydrogens is 484 g/mol. The molecular formula is C27H31ClN2O4S. The Morgan fingerprint density at radius 3 is 2.49 bits per heavy atom. The number of halogens is 1. The van der Waals surface area contributed by atoms with Crippen LogP contribution in [0.3, 0.4) is 0 Å². The molecule has 0 fully saturated rings. The average Bonchev–Trinajstić information content (AvgIpc) is 2.84. The van der Waals surface area contributed by atoms with E-state index in [2.05, 4.69) is 12.2 Å². The van der Waals surface area contributed by atoms with Crippen molar-refractivity contribution in [1.29, 1.82) is 0 Å². The molecule has 0 atom stereocenters. The van der Waals surface area contributed by atoms with Crippen molar-refractivity contribution in [1.82, 2.24) is 5.32 Å². The van der Waals surface area contributed by atoms with Gasteiger partial charge in [0.1, 0.15) is 12.3 Å². The second-order valence-electron chi connectivity index (χ2n) is 8.21. The van der Waals surface area contributed by atoms with Crippen molar-refractivity contribution in [2.75, 3.05) is 24.0 Å². The quantitative estimate of drug-likeness (QED) is 0.329. The van der Waals surface area contributed by atoms with Gasteiger partial charge in [-0.15, -0.1) is 0 Å². The number of para-hydroxylation sites is 1. The lowest BCUT2D eigenvalue weighted by Crippen LogP contribution is -2.41. The molecule has 0 aliphatic rings. The Kier molecular flexibility index (Phi) is 9.57. The Balaban J connectivity index is 1.67. The normalized spacial score (nSPS) is 11.2. The van der Waals surface area contributed by atoms with Gasteiger partial charge in [0.15, 0.2) is 0 Å². The summed E-state index contributed by atoms with van der Waals surface area (Å²) in [6, 6.07) is 20.9. The van der Waals surface area contributed by atoms with E-state index in [1.165, 1.54) is 18.2 Å². The number of anilines is 1. The lowest BCUT2D eigenvalue weighted by atomic mass is 10.1. The number of nitrogens with one attached hydrogen (secondary N) is 1. The highest BCUT2D eigenvalue weighted by atomic mass is 35.5. The maximum Gasteiger partial charge on any atom is 0.264 e. The monoisotopic (exact) mass is 514 g/mol. The highest BCUT2D eigenvalue weighted by Crippen LogP contribution is 2.26. The zero-order valence-electron chi connectivity index (χ0n) is 20.0. The van der Waals surface area contributed by atoms with Crippen LogP contribution in [0.25, 0.3) is 0 Å². The molecule has 186 valence electrons. The smallest absolute Gasteiger partial charge is 0.264 e. The van der Waals surface area contributed by atoms with Crippen LogP contribution in [0.5, 0.6) is 5.75 Å². The summed E-state index contributed by atoms with van der Waals surface area (Å²) >= 11 is 6.12. The van der Waals surface area contributed by atoms with E-state index in [0.29, 0.717) is 30.3 Å². The largest absolute Gasteiger partial charge is 0.493 e. The minimum absolute atomic E-state index is 0.111. The number of ether oxygens (including phenoxy) is 1. The summed E-state index contributed by atoms with van der Waals surface area (Å²) in [5.41, 5.74) is 2.35. The minimum Gasteiger partial charge on any atom is -0.493 e. The Bertz CT molecular complexity index is 1230. The number of amides is 1. The van der Waals surface area contributed by atoms with Gasteiger partial charge in [-0.1, -0.05) is 60.5 Å². The maximum absolute atomic E-state index is 13.4. The van der Waals surface area contributed by atoms with Gasteiger partial charge >= 0.3 is 0 Å². The first kappa shape index (κ1) is 26.6. The zero-order chi connectivity index (χ0) is 25.3. The minimum atomic E-state index is -3.97. The molecule has 3 aromatic carbocycles. The summed E-state index contributed by atoms with van der Waals surface area (Å²) in [5.74, 6) is 0.466. The van der Waals surface area contributed by atoms with Crippen molar-refractivity contribution in [2.24, 2.45) is 0 Å². The first-order valence-corrected chi connectivity index (χ1v) is 13.5. The van der Waals surface area contributed by atoms with Gasteiger partial charge in [0.2, 0.25) is 5.91 Å². The Hall–Kier alpha value is -3.03. The van der Waals surface area contributed by atoms with Crippen LogP contribution in [0.15, 0.2) is 77.7 Å². The summed E-state index contributed by atoms with van der Waals surface area (Å²) in [6.07, 6.45) is 2.36. The molecule has 1 amide bonds. The molecule has 8 heteroatoms. The van der Waals surface area contributed by atoms with Crippen LogP contribution in [-0.2, 0) is 21.2 Å². The van der Waals surface area contributed by atoms with E-state index in [-0.39, 0.29) is 11.4 Å². The molecule has 0 radical (unpaired) electrons. The van der Waals surface area contributed by atoms with Gasteiger partial charge in [-0.25, -0.2) is 8.42 Å². The number of hydrogen-bond donors (Lipinski definition) is 1. The average molecular weight is 515 g/mol. The molecule has 35 heavy (non-hydrogen) atoms. The van der Waals surface area contributed by atoms with Crippen LogP contribution in [0.1, 0.15) is 30.9 Å². The predicted octanol–water partition coefficient (Wildman–Crippen LogP) is 5.38. The highest BCUT2D eigenvalue weighted by Gasteiger charge is 2.27. The Morgan fingerprint density at radius 1 is 1.03 bits per heavy atom. The van der Waals surface area contributed by atoms with Crippen molar-refractivity contribution in [3.05, 3.63) is 88.9 Å². The summed E-state index contributed by atoms with van der Waals surface area (Å²) in [4.78, 5) is 12.9. The summed E-state index contributed by atoms with van der Waals surface area (Å²) in [7, 11) is -3.97. The molecule has 0 unspecified atom stereocenters. The van der Waals surface area contributed by atoms with Gasteiger partial charge in [-0.3, -0.25) is 9.10 Å². The fraction of sp³-hybridized carbons (Fsp3) is 0.296. The Morgan fingerprint density at radius 2 is 1.77 bits per heavy atom. The van der Waals surface area contributed by atoms with Crippen LogP contribution in [0, 0.1) is 6.92 Å². The first-order chi connectivity index (χ1) is 16.8. The van der Waals surface area contributed by atoms with Gasteiger partial charge < -0.3 is 10.1 Å². The fourth-order valence-electron chi connectivity index (χ4n) is 3.54. The van der Waals surface area contributed by atoms with E-state index in [9.17, 15) is 13.2 Å². The molecule has 0 spiro atoms. The van der Waals surface area contributed by atoms with Crippen molar-refractivity contribution in [3.8, 4) is 5.75 Å². The second-order valence-corrected chi connectivity index (χ2v) is 10.5. The third-order valence-corrected chi connectivity index (χ3v) is 7.39. The lowest BCUT2D eigenvalue weighted by molar-refractivity contribution is -0.119. The molecule has 3 aromatic rings. The van der Waals surface area contributed by atoms with Gasteiger partial charge in [0, 0.05) is 11.6 Å². The number of nitrogens with zero attached hydrogens (tertiary/aromatic N) is 1. The first-order valence-electron chi connectivity index (χ1n) is 11.6. The van der Waals surface area contributed by atoms with Gasteiger partial charge in [0.05, 0.1) is 17.2 Å². The van der Waals surface area contributed by atoms with E-state index in [1.54, 1.807) is 30.3 Å². The number of aryl methyl sites for hydroxylation is 2. The molecule has 1 N–H and O–H groups in total. The van der Waals surface area contributed by atoms with E-state index in [4.69, 9.17) is 16.3 Å². The zero-order valence-corrected chi connectivity index (χ0v) is 21.6. The number of sulfonamides is 1. The van der Waals surface area contributed by atoms with Crippen LogP contribution in [-0.4, -0.2) is 34.0 Å². The molecule has 0 aromatic heterocycles. The molecule has 3 rings (SSSR count). The molecule has 0 aliphatic heterocycles. The van der Waals surface area contributed by atoms with Gasteiger partial charge in [-0.2, -0.15) is 0 Å². The Labute approximate surface area is 212 Å². The van der Waals surface area contributed by atoms with E-state index >= 15 is 0 Å². The van der Waals surface area contributed by atoms with Crippen molar-refractivity contribution in [2.45, 2.75) is 38.0 Å². The molecule has 0 aliphatic carbocycles. The van der Waals surface area contributed by atoms with Crippen LogP contribution >= 0.6 is 11.6 Å². The van der Waals surface area contributed by atoms with Crippen molar-refractivity contribution < 1.29 is 17.9 Å². The predicted molar refractivity (Wildman–Crippen MR) is 141 cm³/mol. The number of rotatable bonds is 12. The molecule has 6 nitrogen and oxygen atoms in total. The molecule has 0 saturated heterocycles. The van der Waals surface area contributed by atoms with E-state index in [0.717, 1.165) is 34.0 Å². The van der Waals surface area contributed by atoms with Gasteiger partial charge in [-0.05, 0) is 68.1 Å². The standard InChI is InChI=1S/C27H31ClN2O4S/c1-3-18-34-26-12-5-4-8-22(26)9-7-17-29-27(31)20-30(24-11-6-10-23(28)19-24)35(32,33)25-15-13-21(2)14-16-25/h4-6,8,10-16,19H,3,7,9,17-18,20H2,1-2H3,(H,29,31). The third kappa shape index (κ3) is 7.47. The third-order valence-electron chi connectivity index (χ3n) is 5.37. The van der Waals surface area contributed by atoms with Crippen LogP contribution < -0.4 is 14.4 Å². The highest BCUT2D eigenvalue weighted by molar-refractivity contribution is 7.92. The van der Waals surface area contributed by atoms with Crippen LogP contribution in [0.4, 0.5) is 5.69 Å². The molecule has 0 heterocycles. The molecule has 0 saturated carbocycles. The SMILES string of the molecule is CCCOc1ccccc1CCCNC(=O)CN(c1cccc(Cl)c1)S(=O)(=O)c1ccc(C)cc1. The van der Waals surface area contributed by atoms with E-state index in [1.807, 2.05) is 31.2 Å².